The van der Waals surface area contributed by atoms with Gasteiger partial charge < -0.3 is 9.15 Å². The van der Waals surface area contributed by atoms with Crippen molar-refractivity contribution in [3.8, 4) is 5.75 Å². The minimum Gasteiger partial charge on any atom is -0.494 e. The van der Waals surface area contributed by atoms with E-state index in [1.165, 1.54) is 0 Å². The number of carbonyl (C=O) groups is 1. The van der Waals surface area contributed by atoms with Crippen LogP contribution in [0.5, 0.6) is 5.75 Å². The average molecular weight is 597 g/mol. The van der Waals surface area contributed by atoms with Crippen molar-refractivity contribution < 1.29 is 13.9 Å². The van der Waals surface area contributed by atoms with Crippen molar-refractivity contribution >= 4 is 54.4 Å². The van der Waals surface area contributed by atoms with E-state index in [0.717, 1.165) is 39.5 Å². The first-order valence-electron chi connectivity index (χ1n) is 11.6. The molecule has 1 amide bonds. The molecule has 0 saturated heterocycles. The summed E-state index contributed by atoms with van der Waals surface area (Å²) in [7, 11) is 0. The molecule has 0 N–H and O–H groups in total. The van der Waals surface area contributed by atoms with Gasteiger partial charge in [-0.15, -0.1) is 0 Å². The lowest BCUT2D eigenvalue weighted by molar-refractivity contribution is 0.0971. The Kier molecular flexibility index (Phi) is 6.80. The second-order valence-corrected chi connectivity index (χ2v) is 10.3. The summed E-state index contributed by atoms with van der Waals surface area (Å²) in [5.41, 5.74) is 2.01. The van der Waals surface area contributed by atoms with Crippen molar-refractivity contribution in [1.82, 2.24) is 0 Å². The lowest BCUT2D eigenvalue weighted by Gasteiger charge is -2.25. The maximum atomic E-state index is 13.7. The zero-order valence-electron chi connectivity index (χ0n) is 19.1. The van der Waals surface area contributed by atoms with Gasteiger partial charge in [0.1, 0.15) is 11.3 Å². The van der Waals surface area contributed by atoms with Gasteiger partial charge in [0.25, 0.3) is 5.91 Å². The molecule has 4 aromatic rings. The molecule has 0 spiro atoms. The number of benzene rings is 3. The van der Waals surface area contributed by atoms with Crippen LogP contribution in [0.2, 0.25) is 0 Å². The summed E-state index contributed by atoms with van der Waals surface area (Å²) < 4.78 is 13.6. The lowest BCUT2D eigenvalue weighted by Crippen LogP contribution is -2.29. The largest absolute Gasteiger partial charge is 0.494 e. The van der Waals surface area contributed by atoms with Crippen molar-refractivity contribution in [2.45, 2.75) is 32.2 Å². The van der Waals surface area contributed by atoms with Crippen LogP contribution in [0.15, 0.2) is 84.9 Å². The first kappa shape index (κ1) is 23.8. The van der Waals surface area contributed by atoms with Crippen molar-refractivity contribution in [1.29, 1.82) is 0 Å². The lowest BCUT2D eigenvalue weighted by atomic mass is 9.98. The van der Waals surface area contributed by atoms with E-state index in [1.54, 1.807) is 23.1 Å². The number of fused-ring (bicyclic) bond motifs is 2. The van der Waals surface area contributed by atoms with E-state index in [9.17, 15) is 9.59 Å². The number of hydrogen-bond acceptors (Lipinski definition) is 4. The van der Waals surface area contributed by atoms with Crippen LogP contribution in [0.4, 0.5) is 5.69 Å². The van der Waals surface area contributed by atoms with E-state index < -0.39 is 6.04 Å². The van der Waals surface area contributed by atoms with Crippen molar-refractivity contribution in [2.24, 2.45) is 0 Å². The second kappa shape index (κ2) is 9.99. The molecule has 1 aliphatic rings. The third-order valence-corrected chi connectivity index (χ3v) is 7.17. The van der Waals surface area contributed by atoms with E-state index in [2.05, 4.69) is 38.8 Å². The predicted octanol–water partition coefficient (Wildman–Crippen LogP) is 7.64. The number of ether oxygens (including phenoxy) is 1. The number of nitrogens with zero attached hydrogens (tertiary/aromatic N) is 1. The standard InChI is InChI=1S/C28H23Br2NO4/c1-2-3-4-15-34-21-12-5-17(6-13-21)25-24-26(32)22-16-19(30)9-14-23(22)35-27(24)28(33)31(25)20-10-7-18(29)8-11-20/h5-14,16,25H,2-4,15H2,1H3. The number of anilines is 1. The fourth-order valence-corrected chi connectivity index (χ4v) is 5.04. The number of carbonyl (C=O) groups excluding carboxylic acids is 1. The molecule has 3 aromatic carbocycles. The number of amides is 1. The van der Waals surface area contributed by atoms with E-state index in [0.29, 0.717) is 28.8 Å². The number of rotatable bonds is 7. The summed E-state index contributed by atoms with van der Waals surface area (Å²) in [6.07, 6.45) is 3.27. The molecule has 0 saturated carbocycles. The maximum Gasteiger partial charge on any atom is 0.295 e. The fraction of sp³-hybridized carbons (Fsp3) is 0.214. The number of hydrogen-bond donors (Lipinski definition) is 0. The van der Waals surface area contributed by atoms with Crippen LogP contribution in [0.1, 0.15) is 53.9 Å². The molecule has 2 heterocycles. The van der Waals surface area contributed by atoms with Crippen LogP contribution in [0.3, 0.4) is 0 Å². The minimum absolute atomic E-state index is 0.0811. The van der Waals surface area contributed by atoms with Gasteiger partial charge in [0.05, 0.1) is 23.6 Å². The van der Waals surface area contributed by atoms with Crippen LogP contribution >= 0.6 is 31.9 Å². The zero-order chi connectivity index (χ0) is 24.5. The monoisotopic (exact) mass is 595 g/mol. The van der Waals surface area contributed by atoms with Gasteiger partial charge in [-0.25, -0.2) is 0 Å². The molecule has 1 atom stereocenters. The molecular formula is C28H23Br2NO4. The Labute approximate surface area is 220 Å². The Morgan fingerprint density at radius 3 is 2.34 bits per heavy atom. The highest BCUT2D eigenvalue weighted by Crippen LogP contribution is 2.42. The summed E-state index contributed by atoms with van der Waals surface area (Å²) in [5.74, 6) is 0.505. The predicted molar refractivity (Wildman–Crippen MR) is 144 cm³/mol. The van der Waals surface area contributed by atoms with Crippen LogP contribution in [-0.2, 0) is 0 Å². The van der Waals surface area contributed by atoms with Crippen LogP contribution in [0.25, 0.3) is 11.0 Å². The van der Waals surface area contributed by atoms with Gasteiger partial charge in [-0.05, 0) is 66.6 Å². The third kappa shape index (κ3) is 4.55. The molecule has 0 radical (unpaired) electrons. The van der Waals surface area contributed by atoms with Gasteiger partial charge in [0.2, 0.25) is 5.76 Å². The van der Waals surface area contributed by atoms with E-state index >= 15 is 0 Å². The quantitative estimate of drug-likeness (QED) is 0.206. The van der Waals surface area contributed by atoms with Gasteiger partial charge in [-0.1, -0.05) is 63.8 Å². The fourth-order valence-electron chi connectivity index (χ4n) is 4.42. The van der Waals surface area contributed by atoms with Crippen LogP contribution in [-0.4, -0.2) is 12.5 Å². The molecule has 35 heavy (non-hydrogen) atoms. The average Bonchev–Trinajstić information content (AvgIpc) is 3.16. The number of unbranched alkanes of at least 4 members (excludes halogenated alkanes) is 2. The Balaban J connectivity index is 1.62. The summed E-state index contributed by atoms with van der Waals surface area (Å²) in [5, 5.41) is 0.435. The SMILES string of the molecule is CCCCCOc1ccc(C2c3c(oc4ccc(Br)cc4c3=O)C(=O)N2c2ccc(Br)cc2)cc1. The molecule has 0 bridgehead atoms. The minimum atomic E-state index is -0.618. The molecule has 0 aliphatic carbocycles. The van der Waals surface area contributed by atoms with E-state index in [-0.39, 0.29) is 17.1 Å². The molecule has 7 heteroatoms. The summed E-state index contributed by atoms with van der Waals surface area (Å²) in [6.45, 7) is 2.82. The third-order valence-electron chi connectivity index (χ3n) is 6.15. The first-order valence-corrected chi connectivity index (χ1v) is 13.1. The van der Waals surface area contributed by atoms with Crippen LogP contribution in [0, 0.1) is 0 Å². The highest BCUT2D eigenvalue weighted by Gasteiger charge is 2.43. The van der Waals surface area contributed by atoms with Gasteiger partial charge in [0.15, 0.2) is 5.43 Å². The maximum absolute atomic E-state index is 13.7. The Hall–Kier alpha value is -2.90. The summed E-state index contributed by atoms with van der Waals surface area (Å²) >= 11 is 6.89. The van der Waals surface area contributed by atoms with Gasteiger partial charge >= 0.3 is 0 Å². The molecule has 178 valence electrons. The van der Waals surface area contributed by atoms with Gasteiger partial charge in [0, 0.05) is 14.6 Å². The van der Waals surface area contributed by atoms with Gasteiger partial charge in [-0.3, -0.25) is 14.5 Å². The van der Waals surface area contributed by atoms with E-state index in [4.69, 9.17) is 9.15 Å². The first-order chi connectivity index (χ1) is 17.0. The molecule has 1 aliphatic heterocycles. The normalized spacial score (nSPS) is 15.0. The highest BCUT2D eigenvalue weighted by molar-refractivity contribution is 9.10. The molecule has 5 rings (SSSR count). The second-order valence-electron chi connectivity index (χ2n) is 8.49. The number of halogens is 2. The van der Waals surface area contributed by atoms with Crippen molar-refractivity contribution in [3.63, 3.8) is 0 Å². The highest BCUT2D eigenvalue weighted by atomic mass is 79.9. The molecule has 1 unspecified atom stereocenters. The topological polar surface area (TPSA) is 59.8 Å². The van der Waals surface area contributed by atoms with Crippen LogP contribution < -0.4 is 15.1 Å². The Morgan fingerprint density at radius 2 is 1.63 bits per heavy atom. The smallest absolute Gasteiger partial charge is 0.295 e. The zero-order valence-corrected chi connectivity index (χ0v) is 22.3. The molecular weight excluding hydrogens is 574 g/mol. The Bertz CT molecular complexity index is 1450. The Morgan fingerprint density at radius 1 is 0.914 bits per heavy atom. The van der Waals surface area contributed by atoms with Gasteiger partial charge in [-0.2, -0.15) is 0 Å². The summed E-state index contributed by atoms with van der Waals surface area (Å²) in [4.78, 5) is 29.0. The van der Waals surface area contributed by atoms with Crippen molar-refractivity contribution in [3.05, 3.63) is 103 Å². The van der Waals surface area contributed by atoms with Crippen molar-refractivity contribution in [2.75, 3.05) is 11.5 Å². The summed E-state index contributed by atoms with van der Waals surface area (Å²) in [6, 6.07) is 19.7. The van der Waals surface area contributed by atoms with E-state index in [1.807, 2.05) is 48.5 Å². The molecule has 0 fully saturated rings. The molecule has 1 aromatic heterocycles. The molecule has 5 nitrogen and oxygen atoms in total.